The van der Waals surface area contributed by atoms with Gasteiger partial charge in [-0.1, -0.05) is 6.42 Å². The third-order valence-electron chi connectivity index (χ3n) is 5.67. The van der Waals surface area contributed by atoms with Crippen molar-refractivity contribution in [1.29, 1.82) is 0 Å². The van der Waals surface area contributed by atoms with Crippen LogP contribution in [0.2, 0.25) is 0 Å². The molecule has 3 fully saturated rings. The maximum Gasteiger partial charge on any atom is 0.0622 e. The van der Waals surface area contributed by atoms with Crippen LogP contribution in [0.25, 0.3) is 0 Å². The van der Waals surface area contributed by atoms with E-state index in [-0.39, 0.29) is 5.54 Å². The van der Waals surface area contributed by atoms with E-state index in [0.717, 1.165) is 26.2 Å². The Bertz CT molecular complexity index is 316. The smallest absolute Gasteiger partial charge is 0.0622 e. The Morgan fingerprint density at radius 2 is 2.15 bits per heavy atom. The van der Waals surface area contributed by atoms with Crippen molar-refractivity contribution in [2.75, 3.05) is 33.4 Å². The topological polar surface area (TPSA) is 44.7 Å². The zero-order valence-electron chi connectivity index (χ0n) is 12.8. The van der Waals surface area contributed by atoms with Gasteiger partial charge in [0.25, 0.3) is 0 Å². The minimum absolute atomic E-state index is 0.0220. The van der Waals surface area contributed by atoms with Gasteiger partial charge in [0.15, 0.2) is 0 Å². The molecule has 1 aliphatic heterocycles. The molecule has 3 atom stereocenters. The minimum Gasteiger partial charge on any atom is -0.394 e. The maximum atomic E-state index is 9.94. The van der Waals surface area contributed by atoms with Crippen LogP contribution < -0.4 is 5.32 Å². The zero-order chi connectivity index (χ0) is 14.0. The van der Waals surface area contributed by atoms with Crippen LogP contribution in [0.1, 0.15) is 44.9 Å². The Morgan fingerprint density at radius 1 is 1.30 bits per heavy atom. The highest BCUT2D eigenvalue weighted by Gasteiger charge is 2.45. The monoisotopic (exact) mass is 282 g/mol. The first-order chi connectivity index (χ1) is 9.73. The van der Waals surface area contributed by atoms with Crippen molar-refractivity contribution in [3.05, 3.63) is 0 Å². The maximum absolute atomic E-state index is 9.94. The molecule has 0 bridgehead atoms. The van der Waals surface area contributed by atoms with Gasteiger partial charge in [-0.3, -0.25) is 0 Å². The number of aliphatic hydroxyl groups is 1. The molecule has 2 N–H and O–H groups in total. The van der Waals surface area contributed by atoms with Crippen LogP contribution in [0.15, 0.2) is 0 Å². The molecule has 20 heavy (non-hydrogen) atoms. The van der Waals surface area contributed by atoms with E-state index in [1.807, 2.05) is 0 Å². The van der Waals surface area contributed by atoms with Crippen molar-refractivity contribution in [3.63, 3.8) is 0 Å². The molecule has 0 amide bonds. The number of nitrogens with zero attached hydrogens (tertiary/aromatic N) is 1. The molecule has 2 saturated carbocycles. The Morgan fingerprint density at radius 3 is 2.80 bits per heavy atom. The second kappa shape index (κ2) is 6.30. The van der Waals surface area contributed by atoms with Gasteiger partial charge >= 0.3 is 0 Å². The lowest BCUT2D eigenvalue weighted by Crippen LogP contribution is -2.53. The first kappa shape index (κ1) is 14.8. The summed E-state index contributed by atoms with van der Waals surface area (Å²) < 4.78 is 5.48. The SMILES string of the molecule is CN(CCC1CCCC1(CO)NC1CC1)C1CCOC1. The predicted molar refractivity (Wildman–Crippen MR) is 79.8 cm³/mol. The van der Waals surface area contributed by atoms with Crippen LogP contribution in [0.3, 0.4) is 0 Å². The zero-order valence-corrected chi connectivity index (χ0v) is 12.8. The minimum atomic E-state index is 0.0220. The summed E-state index contributed by atoms with van der Waals surface area (Å²) in [6.07, 6.45) is 8.67. The van der Waals surface area contributed by atoms with Gasteiger partial charge < -0.3 is 20.1 Å². The second-order valence-corrected chi connectivity index (χ2v) is 7.11. The van der Waals surface area contributed by atoms with Gasteiger partial charge in [-0.05, 0) is 58.0 Å². The average molecular weight is 282 g/mol. The summed E-state index contributed by atoms with van der Waals surface area (Å²) >= 11 is 0. The second-order valence-electron chi connectivity index (χ2n) is 7.11. The van der Waals surface area contributed by atoms with Gasteiger partial charge in [-0.25, -0.2) is 0 Å². The van der Waals surface area contributed by atoms with E-state index in [1.54, 1.807) is 0 Å². The Hall–Kier alpha value is -0.160. The third-order valence-corrected chi connectivity index (χ3v) is 5.67. The average Bonchev–Trinajstić information content (AvgIpc) is 2.95. The van der Waals surface area contributed by atoms with Crippen molar-refractivity contribution < 1.29 is 9.84 Å². The molecule has 0 aromatic carbocycles. The van der Waals surface area contributed by atoms with E-state index in [1.165, 1.54) is 38.5 Å². The Labute approximate surface area is 122 Å². The standard InChI is InChI=1S/C16H30N2O2/c1-18(15-7-10-20-11-15)9-6-13-3-2-8-16(13,12-19)17-14-4-5-14/h13-15,17,19H,2-12H2,1H3. The molecule has 4 nitrogen and oxygen atoms in total. The normalized spacial score (nSPS) is 38.0. The number of hydrogen-bond acceptors (Lipinski definition) is 4. The first-order valence-corrected chi connectivity index (χ1v) is 8.40. The van der Waals surface area contributed by atoms with Crippen molar-refractivity contribution in [1.82, 2.24) is 10.2 Å². The molecule has 1 heterocycles. The fourth-order valence-electron chi connectivity index (χ4n) is 4.05. The summed E-state index contributed by atoms with van der Waals surface area (Å²) in [6, 6.07) is 1.29. The summed E-state index contributed by atoms with van der Waals surface area (Å²) in [5.74, 6) is 0.637. The van der Waals surface area contributed by atoms with Crippen molar-refractivity contribution in [2.45, 2.75) is 62.6 Å². The molecule has 0 aromatic heterocycles. The van der Waals surface area contributed by atoms with Crippen LogP contribution in [-0.4, -0.2) is 61.0 Å². The predicted octanol–water partition coefficient (Wildman–Crippen LogP) is 1.38. The highest BCUT2D eigenvalue weighted by atomic mass is 16.5. The summed E-state index contributed by atoms with van der Waals surface area (Å²) in [5, 5.41) is 13.7. The van der Waals surface area contributed by atoms with Crippen molar-refractivity contribution in [3.8, 4) is 0 Å². The molecule has 3 rings (SSSR count). The van der Waals surface area contributed by atoms with E-state index >= 15 is 0 Å². The van der Waals surface area contributed by atoms with Gasteiger partial charge in [0.05, 0.1) is 13.2 Å². The highest BCUT2D eigenvalue weighted by Crippen LogP contribution is 2.40. The molecule has 4 heteroatoms. The van der Waals surface area contributed by atoms with Gasteiger partial charge in [0, 0.05) is 24.2 Å². The van der Waals surface area contributed by atoms with Crippen LogP contribution in [0.5, 0.6) is 0 Å². The van der Waals surface area contributed by atoms with Crippen LogP contribution in [0, 0.1) is 5.92 Å². The molecule has 116 valence electrons. The van der Waals surface area contributed by atoms with Crippen LogP contribution in [-0.2, 0) is 4.74 Å². The van der Waals surface area contributed by atoms with E-state index in [2.05, 4.69) is 17.3 Å². The summed E-state index contributed by atoms with van der Waals surface area (Å²) in [6.45, 7) is 3.26. The lowest BCUT2D eigenvalue weighted by molar-refractivity contribution is 0.104. The number of rotatable bonds is 7. The molecule has 1 saturated heterocycles. The largest absolute Gasteiger partial charge is 0.394 e. The molecule has 0 radical (unpaired) electrons. The first-order valence-electron chi connectivity index (χ1n) is 8.40. The van der Waals surface area contributed by atoms with Gasteiger partial charge in [-0.2, -0.15) is 0 Å². The highest BCUT2D eigenvalue weighted by molar-refractivity contribution is 5.03. The van der Waals surface area contributed by atoms with E-state index in [9.17, 15) is 5.11 Å². The number of ether oxygens (including phenoxy) is 1. The molecule has 3 unspecified atom stereocenters. The fourth-order valence-corrected chi connectivity index (χ4v) is 4.05. The van der Waals surface area contributed by atoms with Gasteiger partial charge in [-0.15, -0.1) is 0 Å². The molecule has 0 spiro atoms. The van der Waals surface area contributed by atoms with Gasteiger partial charge in [0.2, 0.25) is 0 Å². The molecule has 3 aliphatic rings. The fraction of sp³-hybridized carbons (Fsp3) is 1.00. The lowest BCUT2D eigenvalue weighted by atomic mass is 9.85. The molecular formula is C16H30N2O2. The lowest BCUT2D eigenvalue weighted by Gasteiger charge is -2.36. The number of likely N-dealkylation sites (N-methyl/N-ethyl adjacent to an activating group) is 1. The van der Waals surface area contributed by atoms with Crippen molar-refractivity contribution >= 4 is 0 Å². The van der Waals surface area contributed by atoms with E-state index in [0.29, 0.717) is 24.6 Å². The third kappa shape index (κ3) is 3.19. The van der Waals surface area contributed by atoms with Crippen LogP contribution >= 0.6 is 0 Å². The Balaban J connectivity index is 1.51. The van der Waals surface area contributed by atoms with Gasteiger partial charge in [0.1, 0.15) is 0 Å². The number of hydrogen-bond donors (Lipinski definition) is 2. The van der Waals surface area contributed by atoms with Crippen LogP contribution in [0.4, 0.5) is 0 Å². The van der Waals surface area contributed by atoms with Crippen molar-refractivity contribution in [2.24, 2.45) is 5.92 Å². The van der Waals surface area contributed by atoms with E-state index in [4.69, 9.17) is 4.74 Å². The molecular weight excluding hydrogens is 252 g/mol. The summed E-state index contributed by atoms with van der Waals surface area (Å²) in [5.41, 5.74) is 0.0220. The Kier molecular flexibility index (Phi) is 4.65. The molecule has 0 aromatic rings. The van der Waals surface area contributed by atoms with E-state index < -0.39 is 0 Å². The quantitative estimate of drug-likeness (QED) is 0.740. The summed E-state index contributed by atoms with van der Waals surface area (Å²) in [7, 11) is 2.23. The molecule has 2 aliphatic carbocycles. The number of aliphatic hydroxyl groups excluding tert-OH is 1. The summed E-state index contributed by atoms with van der Waals surface area (Å²) in [4.78, 5) is 2.46. The number of nitrogens with one attached hydrogen (secondary N) is 1.